The van der Waals surface area contributed by atoms with E-state index in [0.717, 1.165) is 0 Å². The zero-order valence-electron chi connectivity index (χ0n) is 10.0. The third-order valence-corrected chi connectivity index (χ3v) is 3.79. The van der Waals surface area contributed by atoms with Crippen molar-refractivity contribution in [1.82, 2.24) is 0 Å². The molecule has 2 aliphatic heterocycles. The highest BCUT2D eigenvalue weighted by atomic mass is 16.6. The minimum atomic E-state index is -0.973. The molecular weight excluding hydrogens is 224 g/mol. The molecule has 2 N–H and O–H groups in total. The molecular formula is C12H16O5. The fourth-order valence-electron chi connectivity index (χ4n) is 2.50. The fraction of sp³-hybridized carbons (Fsp3) is 0.750. The molecule has 0 aromatic rings. The lowest BCUT2D eigenvalue weighted by molar-refractivity contribution is -0.119. The van der Waals surface area contributed by atoms with Gasteiger partial charge in [0.1, 0.15) is 24.4 Å². The third-order valence-electron chi connectivity index (χ3n) is 3.79. The zero-order valence-corrected chi connectivity index (χ0v) is 10.0. The van der Waals surface area contributed by atoms with E-state index >= 15 is 0 Å². The number of aliphatic hydroxyl groups is 2. The standard InChI is InChI=1S/C12H16O5/c1-11(2,15)10-8(16-10)5-4-6(13)12(3)9(17-12)7(5)14/h4,7-10,14-15H,1-3H3/t7-,8-,9-,10-,12+/m1/s1. The molecule has 0 unspecified atom stereocenters. The Balaban J connectivity index is 1.82. The first-order chi connectivity index (χ1) is 7.75. The molecule has 5 heteroatoms. The van der Waals surface area contributed by atoms with Gasteiger partial charge in [-0.1, -0.05) is 0 Å². The monoisotopic (exact) mass is 240 g/mol. The molecule has 2 saturated heterocycles. The number of fused-ring (bicyclic) bond motifs is 1. The molecule has 3 rings (SSSR count). The van der Waals surface area contributed by atoms with Crippen molar-refractivity contribution in [1.29, 1.82) is 0 Å². The molecule has 0 aromatic carbocycles. The lowest BCUT2D eigenvalue weighted by atomic mass is 9.84. The van der Waals surface area contributed by atoms with Crippen LogP contribution in [0, 0.1) is 0 Å². The van der Waals surface area contributed by atoms with E-state index < -0.39 is 23.4 Å². The maximum absolute atomic E-state index is 11.8. The van der Waals surface area contributed by atoms with Crippen LogP contribution in [0.5, 0.6) is 0 Å². The van der Waals surface area contributed by atoms with Crippen molar-refractivity contribution in [3.8, 4) is 0 Å². The van der Waals surface area contributed by atoms with Crippen LogP contribution >= 0.6 is 0 Å². The average Bonchev–Trinajstić information content (AvgIpc) is 3.03. The summed E-state index contributed by atoms with van der Waals surface area (Å²) in [5.74, 6) is -0.132. The summed E-state index contributed by atoms with van der Waals surface area (Å²) in [5.41, 5.74) is -1.29. The van der Waals surface area contributed by atoms with Crippen molar-refractivity contribution in [3.63, 3.8) is 0 Å². The smallest absolute Gasteiger partial charge is 0.190 e. The van der Waals surface area contributed by atoms with E-state index in [1.165, 1.54) is 6.08 Å². The largest absolute Gasteiger partial charge is 0.388 e. The Kier molecular flexibility index (Phi) is 1.99. The molecule has 0 spiro atoms. The topological polar surface area (TPSA) is 82.6 Å². The molecule has 0 radical (unpaired) electrons. The van der Waals surface area contributed by atoms with E-state index in [0.29, 0.717) is 5.57 Å². The van der Waals surface area contributed by atoms with E-state index in [9.17, 15) is 15.0 Å². The molecule has 0 bridgehead atoms. The van der Waals surface area contributed by atoms with Gasteiger partial charge in [0.15, 0.2) is 11.4 Å². The first kappa shape index (κ1) is 11.3. The van der Waals surface area contributed by atoms with Crippen molar-refractivity contribution >= 4 is 5.78 Å². The Morgan fingerprint density at radius 3 is 2.65 bits per heavy atom. The van der Waals surface area contributed by atoms with Crippen molar-refractivity contribution in [3.05, 3.63) is 11.6 Å². The van der Waals surface area contributed by atoms with Crippen LogP contribution < -0.4 is 0 Å². The second kappa shape index (κ2) is 2.98. The number of epoxide rings is 2. The molecule has 17 heavy (non-hydrogen) atoms. The molecule has 3 aliphatic rings. The Bertz CT molecular complexity index is 421. The van der Waals surface area contributed by atoms with Crippen LogP contribution in [0.4, 0.5) is 0 Å². The van der Waals surface area contributed by atoms with Gasteiger partial charge in [-0.25, -0.2) is 0 Å². The molecule has 94 valence electrons. The van der Waals surface area contributed by atoms with Crippen LogP contribution in [0.15, 0.2) is 11.6 Å². The summed E-state index contributed by atoms with van der Waals surface area (Å²) < 4.78 is 10.6. The van der Waals surface area contributed by atoms with Crippen molar-refractivity contribution in [2.24, 2.45) is 0 Å². The maximum atomic E-state index is 11.8. The van der Waals surface area contributed by atoms with Gasteiger partial charge in [-0.15, -0.1) is 0 Å². The van der Waals surface area contributed by atoms with Crippen molar-refractivity contribution < 1.29 is 24.5 Å². The number of hydrogen-bond donors (Lipinski definition) is 2. The number of aliphatic hydroxyl groups excluding tert-OH is 1. The molecule has 5 atom stereocenters. The Hall–Kier alpha value is -0.750. The fourth-order valence-corrected chi connectivity index (χ4v) is 2.50. The summed E-state index contributed by atoms with van der Waals surface area (Å²) in [7, 11) is 0. The summed E-state index contributed by atoms with van der Waals surface area (Å²) in [4.78, 5) is 11.8. The van der Waals surface area contributed by atoms with Gasteiger partial charge in [-0.05, 0) is 32.4 Å². The Morgan fingerprint density at radius 1 is 1.47 bits per heavy atom. The Labute approximate surface area is 99.0 Å². The highest BCUT2D eigenvalue weighted by Gasteiger charge is 2.66. The molecule has 0 saturated carbocycles. The average molecular weight is 240 g/mol. The van der Waals surface area contributed by atoms with Crippen LogP contribution in [0.25, 0.3) is 0 Å². The third kappa shape index (κ3) is 1.50. The van der Waals surface area contributed by atoms with Gasteiger partial charge in [-0.3, -0.25) is 4.79 Å². The lowest BCUT2D eigenvalue weighted by Gasteiger charge is -2.19. The highest BCUT2D eigenvalue weighted by Crippen LogP contribution is 2.49. The maximum Gasteiger partial charge on any atom is 0.190 e. The quantitative estimate of drug-likeness (QED) is 0.639. The van der Waals surface area contributed by atoms with Gasteiger partial charge >= 0.3 is 0 Å². The SMILES string of the molecule is CC(C)(O)[C@@H]1O[C@@H]1C1=CC(=O)[C@]2(C)O[C@@H]2[C@@H]1O. The van der Waals surface area contributed by atoms with Crippen LogP contribution in [0.3, 0.4) is 0 Å². The minimum absolute atomic E-state index is 0.132. The van der Waals surface area contributed by atoms with Crippen LogP contribution in [-0.2, 0) is 14.3 Å². The minimum Gasteiger partial charge on any atom is -0.388 e. The lowest BCUT2D eigenvalue weighted by Crippen LogP contribution is -2.38. The van der Waals surface area contributed by atoms with Gasteiger partial charge in [0, 0.05) is 0 Å². The summed E-state index contributed by atoms with van der Waals surface area (Å²) in [5, 5.41) is 19.8. The zero-order chi connectivity index (χ0) is 12.6. The van der Waals surface area contributed by atoms with E-state index in [1.54, 1.807) is 20.8 Å². The van der Waals surface area contributed by atoms with E-state index in [2.05, 4.69) is 0 Å². The predicted molar refractivity (Wildman–Crippen MR) is 57.3 cm³/mol. The molecule has 1 aliphatic carbocycles. The van der Waals surface area contributed by atoms with E-state index in [4.69, 9.17) is 9.47 Å². The van der Waals surface area contributed by atoms with Crippen molar-refractivity contribution in [2.75, 3.05) is 0 Å². The number of carbonyl (C=O) groups is 1. The second-order valence-corrected chi connectivity index (χ2v) is 5.73. The van der Waals surface area contributed by atoms with Gasteiger partial charge < -0.3 is 19.7 Å². The summed E-state index contributed by atoms with van der Waals surface area (Å²) >= 11 is 0. The second-order valence-electron chi connectivity index (χ2n) is 5.73. The summed E-state index contributed by atoms with van der Waals surface area (Å²) in [6.45, 7) is 4.97. The summed E-state index contributed by atoms with van der Waals surface area (Å²) in [6.07, 6.45) is -0.594. The normalized spacial score (nSPS) is 48.5. The number of ketones is 1. The first-order valence-electron chi connectivity index (χ1n) is 5.75. The predicted octanol–water partition coefficient (Wildman–Crippen LogP) is -0.448. The number of carbonyl (C=O) groups excluding carboxylic acids is 1. The molecule has 5 nitrogen and oxygen atoms in total. The number of rotatable bonds is 2. The van der Waals surface area contributed by atoms with Gasteiger partial charge in [0.25, 0.3) is 0 Å². The number of ether oxygens (including phenoxy) is 2. The number of hydrogen-bond acceptors (Lipinski definition) is 5. The first-order valence-corrected chi connectivity index (χ1v) is 5.75. The highest BCUT2D eigenvalue weighted by molar-refractivity contribution is 6.01. The molecule has 0 amide bonds. The van der Waals surface area contributed by atoms with E-state index in [1.807, 2.05) is 0 Å². The van der Waals surface area contributed by atoms with Crippen LogP contribution in [0.1, 0.15) is 20.8 Å². The van der Waals surface area contributed by atoms with Gasteiger partial charge in [-0.2, -0.15) is 0 Å². The molecule has 0 aromatic heterocycles. The Morgan fingerprint density at radius 2 is 2.12 bits per heavy atom. The van der Waals surface area contributed by atoms with Gasteiger partial charge in [0.05, 0.1) is 5.60 Å². The van der Waals surface area contributed by atoms with Gasteiger partial charge in [0.2, 0.25) is 0 Å². The van der Waals surface area contributed by atoms with Crippen LogP contribution in [-0.4, -0.2) is 51.6 Å². The molecule has 2 heterocycles. The van der Waals surface area contributed by atoms with E-state index in [-0.39, 0.29) is 18.0 Å². The summed E-state index contributed by atoms with van der Waals surface area (Å²) in [6, 6.07) is 0. The molecule has 2 fully saturated rings. The van der Waals surface area contributed by atoms with Crippen LogP contribution in [0.2, 0.25) is 0 Å². The van der Waals surface area contributed by atoms with Crippen molar-refractivity contribution in [2.45, 2.75) is 56.4 Å².